The number of fused-ring (bicyclic) bond motifs is 9. The number of hydrogen-bond donors (Lipinski definition) is 0. The molecule has 3 nitrogen and oxygen atoms in total. The summed E-state index contributed by atoms with van der Waals surface area (Å²) in [6, 6.07) is 53.6. The number of aromatic nitrogens is 3. The maximum atomic E-state index is 8.79. The first-order chi connectivity index (χ1) is 27.4. The van der Waals surface area contributed by atoms with Crippen LogP contribution < -0.4 is 0 Å². The van der Waals surface area contributed by atoms with Crippen LogP contribution in [0.25, 0.3) is 93.6 Å². The van der Waals surface area contributed by atoms with Crippen molar-refractivity contribution in [3.8, 4) is 28.2 Å². The summed E-state index contributed by atoms with van der Waals surface area (Å²) >= 11 is 0. The summed E-state index contributed by atoms with van der Waals surface area (Å²) in [7, 11) is 0. The monoisotopic (exact) mass is 654 g/mol. The maximum absolute atomic E-state index is 8.79. The van der Waals surface area contributed by atoms with Crippen LogP contribution in [0.3, 0.4) is 0 Å². The van der Waals surface area contributed by atoms with Crippen molar-refractivity contribution in [2.75, 3.05) is 0 Å². The molecule has 51 heavy (non-hydrogen) atoms. The molecule has 0 aliphatic rings. The highest BCUT2D eigenvalue weighted by Crippen LogP contribution is 2.41. The highest BCUT2D eigenvalue weighted by molar-refractivity contribution is 6.20. The fourth-order valence-electron chi connectivity index (χ4n) is 8.12. The Labute approximate surface area is 301 Å². The zero-order chi connectivity index (χ0) is 37.8. The molecule has 3 heterocycles. The standard InChI is InChI=1S/C48H31N3/c1-4-14-34(15-5-1)49-43-22-12-10-20-37(43)39-28-32(24-26-45(39)49)33-25-27-46-40(29-33)42-30-41-38-21-11-13-23-44(38)50(35-16-6-2-7-17-35)47(41)31-48(42)51(46)36-18-8-3-9-19-36/h1-31H/i1D,4D,5D,14D,15D. The maximum Gasteiger partial charge on any atom is 0.0645 e. The molecule has 11 rings (SSSR count). The molecule has 0 bridgehead atoms. The summed E-state index contributed by atoms with van der Waals surface area (Å²) in [4.78, 5) is 0. The van der Waals surface area contributed by atoms with E-state index >= 15 is 0 Å². The van der Waals surface area contributed by atoms with Crippen molar-refractivity contribution in [1.82, 2.24) is 13.7 Å². The smallest absolute Gasteiger partial charge is 0.0645 e. The van der Waals surface area contributed by atoms with E-state index in [0.29, 0.717) is 0 Å². The zero-order valence-electron chi connectivity index (χ0n) is 32.4. The van der Waals surface area contributed by atoms with E-state index in [9.17, 15) is 0 Å². The normalized spacial score (nSPS) is 13.3. The molecule has 8 aromatic carbocycles. The Kier molecular flexibility index (Phi) is 4.99. The van der Waals surface area contributed by atoms with E-state index in [2.05, 4.69) is 130 Å². The largest absolute Gasteiger partial charge is 0.309 e. The summed E-state index contributed by atoms with van der Waals surface area (Å²) in [5, 5.41) is 6.57. The minimum Gasteiger partial charge on any atom is -0.309 e. The second-order valence-electron chi connectivity index (χ2n) is 13.0. The van der Waals surface area contributed by atoms with Crippen molar-refractivity contribution in [2.24, 2.45) is 0 Å². The quantitative estimate of drug-likeness (QED) is 0.179. The van der Waals surface area contributed by atoms with Gasteiger partial charge in [-0.2, -0.15) is 0 Å². The van der Waals surface area contributed by atoms with Crippen LogP contribution in [0.15, 0.2) is 188 Å². The molecule has 3 heteroatoms. The van der Waals surface area contributed by atoms with Crippen molar-refractivity contribution in [3.05, 3.63) is 188 Å². The average molecular weight is 655 g/mol. The van der Waals surface area contributed by atoms with E-state index in [1.165, 1.54) is 10.8 Å². The molecule has 0 unspecified atom stereocenters. The molecule has 0 amide bonds. The minimum atomic E-state index is -0.404. The van der Waals surface area contributed by atoms with E-state index in [-0.39, 0.29) is 29.9 Å². The Morgan fingerprint density at radius 1 is 0.294 bits per heavy atom. The first-order valence-electron chi connectivity index (χ1n) is 19.6. The van der Waals surface area contributed by atoms with Crippen molar-refractivity contribution in [3.63, 3.8) is 0 Å². The van der Waals surface area contributed by atoms with Crippen LogP contribution in [-0.4, -0.2) is 13.7 Å². The lowest BCUT2D eigenvalue weighted by Crippen LogP contribution is -1.95. The van der Waals surface area contributed by atoms with Crippen LogP contribution in [0.5, 0.6) is 0 Å². The number of nitrogens with zero attached hydrogens (tertiary/aromatic N) is 3. The molecule has 0 aliphatic carbocycles. The summed E-state index contributed by atoms with van der Waals surface area (Å²) in [5.41, 5.74) is 10.5. The number of para-hydroxylation sites is 5. The van der Waals surface area contributed by atoms with E-state index in [1.54, 1.807) is 0 Å². The number of benzene rings is 8. The minimum absolute atomic E-state index is 0.144. The third-order valence-corrected chi connectivity index (χ3v) is 10.3. The molecule has 3 aromatic heterocycles. The van der Waals surface area contributed by atoms with Crippen molar-refractivity contribution >= 4 is 65.4 Å². The average Bonchev–Trinajstić information content (AvgIpc) is 3.87. The van der Waals surface area contributed by atoms with Crippen molar-refractivity contribution in [2.45, 2.75) is 0 Å². The SMILES string of the molecule is [2H]c1c([2H])c([2H])c(-n2c3ccccc3c3cc(-c4ccc5c(c4)c4cc6c7ccccc7n(-c7ccccc7)c6cc4n5-c4ccccc4)ccc32)c([2H])c1[2H]. The molecule has 0 saturated heterocycles. The van der Waals surface area contributed by atoms with Gasteiger partial charge in [0.05, 0.1) is 40.0 Å². The summed E-state index contributed by atoms with van der Waals surface area (Å²) < 4.78 is 49.0. The van der Waals surface area contributed by atoms with Gasteiger partial charge in [-0.15, -0.1) is 0 Å². The van der Waals surface area contributed by atoms with Gasteiger partial charge in [0, 0.05) is 49.4 Å². The molecule has 0 atom stereocenters. The molecule has 0 spiro atoms. The first-order valence-corrected chi connectivity index (χ1v) is 17.1. The number of hydrogen-bond acceptors (Lipinski definition) is 0. The van der Waals surface area contributed by atoms with Gasteiger partial charge < -0.3 is 13.7 Å². The van der Waals surface area contributed by atoms with Gasteiger partial charge in [-0.25, -0.2) is 0 Å². The van der Waals surface area contributed by atoms with Crippen LogP contribution in [0, 0.1) is 0 Å². The molecule has 0 N–H and O–H groups in total. The summed E-state index contributed by atoms with van der Waals surface area (Å²) in [5.74, 6) is 0. The predicted octanol–water partition coefficient (Wildman–Crippen LogP) is 12.6. The third-order valence-electron chi connectivity index (χ3n) is 10.3. The Balaban J connectivity index is 1.18. The lowest BCUT2D eigenvalue weighted by Gasteiger charge is -2.10. The van der Waals surface area contributed by atoms with Gasteiger partial charge in [-0.05, 0) is 96.0 Å². The van der Waals surface area contributed by atoms with Gasteiger partial charge >= 0.3 is 0 Å². The van der Waals surface area contributed by atoms with Gasteiger partial charge in [-0.1, -0.05) is 103 Å². The topological polar surface area (TPSA) is 14.8 Å². The lowest BCUT2D eigenvalue weighted by molar-refractivity contribution is 1.16. The van der Waals surface area contributed by atoms with Gasteiger partial charge in [0.2, 0.25) is 0 Å². The summed E-state index contributed by atoms with van der Waals surface area (Å²) in [6.45, 7) is 0. The van der Waals surface area contributed by atoms with Gasteiger partial charge in [0.25, 0.3) is 0 Å². The fourth-order valence-corrected chi connectivity index (χ4v) is 8.12. The molecular weight excluding hydrogens is 619 g/mol. The molecular formula is C48H31N3. The first kappa shape index (κ1) is 23.5. The van der Waals surface area contributed by atoms with E-state index < -0.39 is 6.04 Å². The highest BCUT2D eigenvalue weighted by Gasteiger charge is 2.19. The third kappa shape index (κ3) is 4.12. The molecule has 11 aromatic rings. The van der Waals surface area contributed by atoms with E-state index in [1.807, 2.05) is 41.0 Å². The molecule has 0 saturated carbocycles. The Morgan fingerprint density at radius 2 is 0.706 bits per heavy atom. The van der Waals surface area contributed by atoms with E-state index in [0.717, 1.165) is 77.1 Å². The molecule has 0 aliphatic heterocycles. The Hall–Kier alpha value is -6.84. The van der Waals surface area contributed by atoms with Crippen LogP contribution in [0.1, 0.15) is 6.85 Å². The van der Waals surface area contributed by atoms with Crippen LogP contribution >= 0.6 is 0 Å². The highest BCUT2D eigenvalue weighted by atomic mass is 15.0. The van der Waals surface area contributed by atoms with Crippen LogP contribution in [-0.2, 0) is 0 Å². The van der Waals surface area contributed by atoms with E-state index in [4.69, 9.17) is 6.85 Å². The molecule has 238 valence electrons. The van der Waals surface area contributed by atoms with Crippen molar-refractivity contribution < 1.29 is 6.85 Å². The lowest BCUT2D eigenvalue weighted by atomic mass is 10.00. The molecule has 0 radical (unpaired) electrons. The van der Waals surface area contributed by atoms with Gasteiger partial charge in [-0.3, -0.25) is 0 Å². The predicted molar refractivity (Wildman–Crippen MR) is 215 cm³/mol. The fraction of sp³-hybridized carbons (Fsp3) is 0. The van der Waals surface area contributed by atoms with Crippen molar-refractivity contribution in [1.29, 1.82) is 0 Å². The van der Waals surface area contributed by atoms with Gasteiger partial charge in [0.1, 0.15) is 0 Å². The zero-order valence-corrected chi connectivity index (χ0v) is 27.4. The second-order valence-corrected chi connectivity index (χ2v) is 13.0. The second kappa shape index (κ2) is 10.8. The number of rotatable bonds is 4. The summed E-state index contributed by atoms with van der Waals surface area (Å²) in [6.07, 6.45) is 0. The van der Waals surface area contributed by atoms with Crippen LogP contribution in [0.4, 0.5) is 0 Å². The Morgan fingerprint density at radius 3 is 1.25 bits per heavy atom. The van der Waals surface area contributed by atoms with Crippen LogP contribution in [0.2, 0.25) is 0 Å². The Bertz CT molecular complexity index is 3390. The molecule has 0 fully saturated rings. The van der Waals surface area contributed by atoms with Gasteiger partial charge in [0.15, 0.2) is 0 Å².